The molecule has 6 aliphatic rings. The number of aliphatic hydroxyl groups is 1. The Bertz CT molecular complexity index is 2860. The lowest BCUT2D eigenvalue weighted by molar-refractivity contribution is -0.392. The zero-order valence-electron chi connectivity index (χ0n) is 47.6. The Hall–Kier alpha value is -6.51. The summed E-state index contributed by atoms with van der Waals surface area (Å²) in [6.45, 7) is 20.7. The van der Waals surface area contributed by atoms with Crippen molar-refractivity contribution in [3.8, 4) is 11.5 Å². The monoisotopic (exact) mass is 1110 g/mol. The van der Waals surface area contributed by atoms with Gasteiger partial charge in [-0.3, -0.25) is 9.69 Å². The summed E-state index contributed by atoms with van der Waals surface area (Å²) in [6.07, 6.45) is -11.4. The standard InChI is InChI=1S/C61H75NO18/c1-14-45-74-43-29-44-61(32-72-44,79-35(5)63)49-51(78-53(64)37-23-19-16-20-24-37)60(58(9,10)68)30-42(34(4)46(60)48(50(75-45)59(43,49)11)77-56(67)71-31-36-21-17-15-18-22-36)73-54(65)47-40(27-33(2)3)62(55(66)80-57(6,7)8)52(76-47)39-26-25-38(69-12)28-41(39)70-13/h14-26,28,33,40,42-45,47-52,68H,1,27,29-32H2,2-13H3/t40-,42-,43-,44+,45?,47+,48?,49-,50?,51-,52?,59+,60-,61-/m0/s1. The number of rotatable bonds is 15. The number of methoxy groups -OCH3 is 2. The van der Waals surface area contributed by atoms with E-state index >= 15 is 9.59 Å². The number of esters is 3. The Balaban J connectivity index is 1.24. The second-order valence-electron chi connectivity index (χ2n) is 23.8. The quantitative estimate of drug-likeness (QED) is 0.0852. The first-order chi connectivity index (χ1) is 37.8. The highest BCUT2D eigenvalue weighted by molar-refractivity contribution is 5.89. The van der Waals surface area contributed by atoms with Crippen LogP contribution in [-0.2, 0) is 63.6 Å². The molecular weight excluding hydrogens is 1030 g/mol. The lowest BCUT2D eigenvalue weighted by atomic mass is 9.49. The minimum atomic E-state index is -2.00. The number of benzene rings is 3. The van der Waals surface area contributed by atoms with Gasteiger partial charge in [-0.05, 0) is 101 Å². The van der Waals surface area contributed by atoms with Gasteiger partial charge in [-0.15, -0.1) is 0 Å². The molecule has 4 unspecified atom stereocenters. The van der Waals surface area contributed by atoms with Crippen molar-refractivity contribution in [3.63, 3.8) is 0 Å². The van der Waals surface area contributed by atoms with E-state index < -0.39 is 125 Å². The van der Waals surface area contributed by atoms with Gasteiger partial charge in [0.05, 0.1) is 55.5 Å². The second-order valence-corrected chi connectivity index (χ2v) is 23.8. The molecule has 3 aromatic rings. The van der Waals surface area contributed by atoms with Gasteiger partial charge in [0.25, 0.3) is 0 Å². The van der Waals surface area contributed by atoms with Crippen LogP contribution in [0.3, 0.4) is 0 Å². The normalized spacial score (nSPS) is 32.4. The molecule has 19 heteroatoms. The molecule has 432 valence electrons. The van der Waals surface area contributed by atoms with E-state index in [1.807, 2.05) is 26.8 Å². The van der Waals surface area contributed by atoms with Gasteiger partial charge in [-0.2, -0.15) is 0 Å². The molecule has 3 aromatic carbocycles. The molecule has 1 amide bonds. The van der Waals surface area contributed by atoms with Crippen LogP contribution < -0.4 is 9.47 Å². The van der Waals surface area contributed by atoms with Gasteiger partial charge in [0, 0.05) is 36.8 Å². The third-order valence-corrected chi connectivity index (χ3v) is 16.8. The molecule has 1 N–H and O–H groups in total. The Morgan fingerprint density at radius 1 is 0.887 bits per heavy atom. The fraction of sp³-hybridized carbons (Fsp3) is 0.557. The van der Waals surface area contributed by atoms with Gasteiger partial charge in [0.1, 0.15) is 48.1 Å². The molecule has 80 heavy (non-hydrogen) atoms. The van der Waals surface area contributed by atoms with Crippen LogP contribution in [0.25, 0.3) is 0 Å². The van der Waals surface area contributed by atoms with Gasteiger partial charge in [-0.1, -0.05) is 75.9 Å². The fourth-order valence-corrected chi connectivity index (χ4v) is 13.4. The third kappa shape index (κ3) is 10.3. The van der Waals surface area contributed by atoms with Crippen LogP contribution in [-0.4, -0.2) is 133 Å². The molecule has 0 aromatic heterocycles. The van der Waals surface area contributed by atoms with Gasteiger partial charge >= 0.3 is 30.2 Å². The summed E-state index contributed by atoms with van der Waals surface area (Å²) in [5, 5.41) is 13.4. The Labute approximate surface area is 467 Å². The fourth-order valence-electron chi connectivity index (χ4n) is 13.4. The highest BCUT2D eigenvalue weighted by Crippen LogP contribution is 2.70. The second kappa shape index (κ2) is 22.1. The third-order valence-electron chi connectivity index (χ3n) is 16.8. The Morgan fingerprint density at radius 2 is 1.57 bits per heavy atom. The van der Waals surface area contributed by atoms with E-state index in [0.717, 1.165) is 0 Å². The number of fused-ring (bicyclic) bond motifs is 3. The molecular formula is C61H75NO18. The van der Waals surface area contributed by atoms with E-state index in [-0.39, 0.29) is 49.5 Å². The van der Waals surface area contributed by atoms with Crippen molar-refractivity contribution >= 4 is 30.2 Å². The maximum absolute atomic E-state index is 15.6. The van der Waals surface area contributed by atoms with E-state index in [2.05, 4.69) is 6.58 Å². The molecule has 3 saturated heterocycles. The number of amides is 1. The van der Waals surface area contributed by atoms with Crippen LogP contribution in [0.5, 0.6) is 11.5 Å². The molecule has 14 atom stereocenters. The summed E-state index contributed by atoms with van der Waals surface area (Å²) in [4.78, 5) is 74.8. The molecule has 3 heterocycles. The van der Waals surface area contributed by atoms with Gasteiger partial charge < -0.3 is 61.9 Å². The number of carbonyl (C=O) groups is 5. The first-order valence-corrected chi connectivity index (χ1v) is 27.2. The smallest absolute Gasteiger partial charge is 0.497 e. The van der Waals surface area contributed by atoms with Gasteiger partial charge in [0.2, 0.25) is 0 Å². The maximum atomic E-state index is 15.6. The van der Waals surface area contributed by atoms with Crippen LogP contribution >= 0.6 is 0 Å². The minimum Gasteiger partial charge on any atom is -0.497 e. The van der Waals surface area contributed by atoms with Gasteiger partial charge in [0.15, 0.2) is 30.3 Å². The summed E-state index contributed by atoms with van der Waals surface area (Å²) >= 11 is 0. The molecule has 5 fully saturated rings. The highest BCUT2D eigenvalue weighted by Gasteiger charge is 2.81. The summed E-state index contributed by atoms with van der Waals surface area (Å²) < 4.78 is 76.8. The van der Waals surface area contributed by atoms with E-state index in [1.165, 1.54) is 46.0 Å². The SMILES string of the molecule is C=CC1OC2C(OC(=O)OCc3ccccc3)C3=C(C)[C@@H](OC(=O)[C@@H]4OC(c5ccc(OC)cc5OC)N(C(=O)OC(C)(C)C)[C@H]4CC(C)C)C[C@@]3(C(C)(C)O)[C@@H](OC(=O)c3ccccc3)[C@@H]3[C@]4(OC(C)=O)CO[C@@H]4C[C@H](O1)[C@@]23C. The molecule has 0 spiro atoms. The summed E-state index contributed by atoms with van der Waals surface area (Å²) in [5.41, 5.74) is -6.12. The highest BCUT2D eigenvalue weighted by atomic mass is 16.7. The lowest BCUT2D eigenvalue weighted by Gasteiger charge is -2.67. The molecule has 19 nitrogen and oxygen atoms in total. The molecule has 2 saturated carbocycles. The molecule has 0 radical (unpaired) electrons. The van der Waals surface area contributed by atoms with Crippen LogP contribution in [0.1, 0.15) is 116 Å². The van der Waals surface area contributed by atoms with Crippen molar-refractivity contribution < 1.29 is 85.9 Å². The number of ether oxygens (including phenoxy) is 12. The summed E-state index contributed by atoms with van der Waals surface area (Å²) in [7, 11) is 2.98. The van der Waals surface area contributed by atoms with Crippen molar-refractivity contribution in [2.24, 2.45) is 22.7 Å². The van der Waals surface area contributed by atoms with Crippen molar-refractivity contribution in [2.45, 2.75) is 173 Å². The molecule has 0 bridgehead atoms. The van der Waals surface area contributed by atoms with Crippen molar-refractivity contribution in [1.29, 1.82) is 0 Å². The zero-order chi connectivity index (χ0) is 57.9. The predicted molar refractivity (Wildman–Crippen MR) is 286 cm³/mol. The van der Waals surface area contributed by atoms with Crippen LogP contribution in [0.2, 0.25) is 0 Å². The number of carbonyl (C=O) groups excluding carboxylic acids is 5. The van der Waals surface area contributed by atoms with Crippen molar-refractivity contribution in [3.05, 3.63) is 119 Å². The Kier molecular flexibility index (Phi) is 16.1. The van der Waals surface area contributed by atoms with Crippen molar-refractivity contribution in [1.82, 2.24) is 4.90 Å². The predicted octanol–water partition coefficient (Wildman–Crippen LogP) is 9.13. The molecule has 9 rings (SSSR count). The van der Waals surface area contributed by atoms with E-state index in [1.54, 1.807) is 100 Å². The van der Waals surface area contributed by atoms with Gasteiger partial charge in [-0.25, -0.2) is 19.2 Å². The number of hydrogen-bond donors (Lipinski definition) is 1. The van der Waals surface area contributed by atoms with Crippen LogP contribution in [0.4, 0.5) is 9.59 Å². The zero-order valence-corrected chi connectivity index (χ0v) is 47.6. The lowest BCUT2D eigenvalue weighted by Crippen LogP contribution is -2.80. The average Bonchev–Trinajstić information content (AvgIpc) is 4.11. The maximum Gasteiger partial charge on any atom is 0.509 e. The van der Waals surface area contributed by atoms with Crippen molar-refractivity contribution in [2.75, 3.05) is 20.8 Å². The van der Waals surface area contributed by atoms with Crippen LogP contribution in [0, 0.1) is 22.7 Å². The minimum absolute atomic E-state index is 0.100. The van der Waals surface area contributed by atoms with E-state index in [9.17, 15) is 19.5 Å². The number of nitrogens with zero attached hydrogens (tertiary/aromatic N) is 1. The summed E-state index contributed by atoms with van der Waals surface area (Å²) in [5.74, 6) is -2.83. The number of hydrogen-bond acceptors (Lipinski definition) is 18. The first kappa shape index (κ1) is 58.2. The largest absolute Gasteiger partial charge is 0.509 e. The Morgan fingerprint density at radius 3 is 2.16 bits per heavy atom. The average molecular weight is 1110 g/mol. The van der Waals surface area contributed by atoms with E-state index in [4.69, 9.17) is 56.8 Å². The summed E-state index contributed by atoms with van der Waals surface area (Å²) in [6, 6.07) is 21.3. The molecule has 3 aliphatic carbocycles. The molecule has 3 aliphatic heterocycles. The van der Waals surface area contributed by atoms with E-state index in [0.29, 0.717) is 28.2 Å². The first-order valence-electron chi connectivity index (χ1n) is 27.2. The topological polar surface area (TPSA) is 220 Å². The van der Waals surface area contributed by atoms with Crippen LogP contribution in [0.15, 0.2) is 103 Å².